The molecule has 0 bridgehead atoms. The fourth-order valence-corrected chi connectivity index (χ4v) is 2.28. The van der Waals surface area contributed by atoms with Gasteiger partial charge in [0, 0.05) is 25.5 Å². The minimum Gasteiger partial charge on any atom is -0.380 e. The summed E-state index contributed by atoms with van der Waals surface area (Å²) >= 11 is 0. The number of rotatable bonds is 6. The van der Waals surface area contributed by atoms with Crippen LogP contribution in [0.15, 0.2) is 55.0 Å². The number of hydrogen-bond acceptors (Lipinski definition) is 3. The highest BCUT2D eigenvalue weighted by Crippen LogP contribution is 2.20. The number of hydrogen-bond donors (Lipinski definition) is 0. The van der Waals surface area contributed by atoms with E-state index in [4.69, 9.17) is 4.74 Å². The van der Waals surface area contributed by atoms with Crippen LogP contribution in [0.1, 0.15) is 6.92 Å². The third-order valence-electron chi connectivity index (χ3n) is 3.27. The van der Waals surface area contributed by atoms with Gasteiger partial charge in [0.05, 0.1) is 18.5 Å². The minimum absolute atomic E-state index is 0.680. The van der Waals surface area contributed by atoms with Crippen molar-refractivity contribution in [2.75, 3.05) is 13.2 Å². The largest absolute Gasteiger partial charge is 0.380 e. The number of nitrogens with zero attached hydrogens (tertiary/aromatic N) is 4. The summed E-state index contributed by atoms with van der Waals surface area (Å²) in [6.07, 6.45) is 5.57. The molecule has 0 radical (unpaired) electrons. The smallest absolute Gasteiger partial charge is 0.158 e. The lowest BCUT2D eigenvalue weighted by Gasteiger charge is -2.10. The van der Waals surface area contributed by atoms with Gasteiger partial charge < -0.3 is 9.30 Å². The predicted molar refractivity (Wildman–Crippen MR) is 81.3 cm³/mol. The van der Waals surface area contributed by atoms with Gasteiger partial charge >= 0.3 is 0 Å². The first-order valence-corrected chi connectivity index (χ1v) is 7.09. The van der Waals surface area contributed by atoms with Crippen molar-refractivity contribution in [3.63, 3.8) is 0 Å². The Morgan fingerprint density at radius 3 is 2.76 bits per heavy atom. The molecule has 0 aliphatic carbocycles. The molecule has 0 N–H and O–H groups in total. The first-order valence-electron chi connectivity index (χ1n) is 7.09. The lowest BCUT2D eigenvalue weighted by atomic mass is 10.3. The van der Waals surface area contributed by atoms with Gasteiger partial charge in [-0.15, -0.1) is 0 Å². The number of ether oxygens (including phenoxy) is 1. The van der Waals surface area contributed by atoms with E-state index in [1.807, 2.05) is 60.4 Å². The molecule has 5 heteroatoms. The zero-order valence-corrected chi connectivity index (χ0v) is 12.0. The molecule has 0 spiro atoms. The summed E-state index contributed by atoms with van der Waals surface area (Å²) in [4.78, 5) is 4.47. The molecule has 3 rings (SSSR count). The van der Waals surface area contributed by atoms with Crippen LogP contribution in [0.4, 0.5) is 0 Å². The quantitative estimate of drug-likeness (QED) is 0.653. The summed E-state index contributed by atoms with van der Waals surface area (Å²) in [6.45, 7) is 4.19. The number of imidazole rings is 1. The fraction of sp³-hybridized carbons (Fsp3) is 0.250. The van der Waals surface area contributed by atoms with Crippen LogP contribution in [0.3, 0.4) is 0 Å². The average Bonchev–Trinajstić information content (AvgIpc) is 3.16. The molecule has 3 aromatic rings. The Labute approximate surface area is 123 Å². The number of benzene rings is 1. The summed E-state index contributed by atoms with van der Waals surface area (Å²) in [7, 11) is 0. The van der Waals surface area contributed by atoms with Crippen molar-refractivity contribution in [2.24, 2.45) is 0 Å². The molecular weight excluding hydrogens is 264 g/mol. The van der Waals surface area contributed by atoms with Crippen LogP contribution in [0.25, 0.3) is 17.2 Å². The van der Waals surface area contributed by atoms with Crippen LogP contribution in [0.2, 0.25) is 0 Å². The minimum atomic E-state index is 0.680. The van der Waals surface area contributed by atoms with Gasteiger partial charge in [0.2, 0.25) is 0 Å². The molecule has 1 aromatic carbocycles. The maximum atomic E-state index is 5.42. The monoisotopic (exact) mass is 282 g/mol. The Kier molecular flexibility index (Phi) is 4.12. The first kappa shape index (κ1) is 13.6. The molecule has 0 unspecified atom stereocenters. The molecule has 0 atom stereocenters. The van der Waals surface area contributed by atoms with Gasteiger partial charge in [0.15, 0.2) is 5.82 Å². The lowest BCUT2D eigenvalue weighted by molar-refractivity contribution is 0.139. The Hall–Kier alpha value is -2.40. The second-order valence-electron chi connectivity index (χ2n) is 4.60. The SMILES string of the molecule is CCOCCn1ccnc1-c1ccnn1-c1ccccc1. The van der Waals surface area contributed by atoms with Gasteiger partial charge in [-0.05, 0) is 25.1 Å². The number of para-hydroxylation sites is 1. The molecule has 0 aliphatic rings. The fourth-order valence-electron chi connectivity index (χ4n) is 2.28. The Morgan fingerprint density at radius 2 is 1.95 bits per heavy atom. The van der Waals surface area contributed by atoms with Crippen molar-refractivity contribution >= 4 is 0 Å². The van der Waals surface area contributed by atoms with E-state index >= 15 is 0 Å². The highest BCUT2D eigenvalue weighted by atomic mass is 16.5. The average molecular weight is 282 g/mol. The predicted octanol–water partition coefficient (Wildman–Crippen LogP) is 2.77. The lowest BCUT2D eigenvalue weighted by Crippen LogP contribution is -2.08. The Morgan fingerprint density at radius 1 is 1.10 bits per heavy atom. The van der Waals surface area contributed by atoms with Crippen molar-refractivity contribution in [2.45, 2.75) is 13.5 Å². The van der Waals surface area contributed by atoms with Crippen molar-refractivity contribution < 1.29 is 4.74 Å². The molecule has 0 aliphatic heterocycles. The van der Waals surface area contributed by atoms with Crippen LogP contribution in [0.5, 0.6) is 0 Å². The van der Waals surface area contributed by atoms with Crippen LogP contribution >= 0.6 is 0 Å². The zero-order chi connectivity index (χ0) is 14.5. The van der Waals surface area contributed by atoms with E-state index in [9.17, 15) is 0 Å². The summed E-state index contributed by atoms with van der Waals surface area (Å²) < 4.78 is 9.41. The van der Waals surface area contributed by atoms with Gasteiger partial charge in [-0.1, -0.05) is 18.2 Å². The summed E-state index contributed by atoms with van der Waals surface area (Å²) in [6, 6.07) is 12.0. The van der Waals surface area contributed by atoms with Gasteiger partial charge in [-0.2, -0.15) is 5.10 Å². The van der Waals surface area contributed by atoms with Gasteiger partial charge in [-0.25, -0.2) is 9.67 Å². The van der Waals surface area contributed by atoms with Gasteiger partial charge in [0.1, 0.15) is 5.69 Å². The standard InChI is InChI=1S/C16H18N4O/c1-2-21-13-12-19-11-10-17-16(19)15-8-9-18-20(15)14-6-4-3-5-7-14/h3-11H,2,12-13H2,1H3. The third kappa shape index (κ3) is 2.87. The second-order valence-corrected chi connectivity index (χ2v) is 4.60. The first-order chi connectivity index (χ1) is 10.4. The molecule has 0 amide bonds. The van der Waals surface area contributed by atoms with Crippen LogP contribution in [-0.4, -0.2) is 32.5 Å². The van der Waals surface area contributed by atoms with E-state index in [-0.39, 0.29) is 0 Å². The number of aromatic nitrogens is 4. The molecule has 0 fully saturated rings. The summed E-state index contributed by atoms with van der Waals surface area (Å²) in [5.41, 5.74) is 2.00. The molecule has 21 heavy (non-hydrogen) atoms. The Balaban J connectivity index is 1.92. The van der Waals surface area contributed by atoms with E-state index in [2.05, 4.69) is 14.6 Å². The van der Waals surface area contributed by atoms with E-state index in [1.165, 1.54) is 0 Å². The maximum Gasteiger partial charge on any atom is 0.158 e. The summed E-state index contributed by atoms with van der Waals surface area (Å²) in [5, 5.41) is 4.41. The Bertz CT molecular complexity index is 687. The van der Waals surface area contributed by atoms with Crippen molar-refractivity contribution in [3.05, 3.63) is 55.0 Å². The van der Waals surface area contributed by atoms with E-state index in [0.29, 0.717) is 6.61 Å². The van der Waals surface area contributed by atoms with Crippen LogP contribution in [0, 0.1) is 0 Å². The van der Waals surface area contributed by atoms with E-state index in [0.717, 1.165) is 30.4 Å². The van der Waals surface area contributed by atoms with E-state index in [1.54, 1.807) is 6.20 Å². The van der Waals surface area contributed by atoms with Crippen molar-refractivity contribution in [1.29, 1.82) is 0 Å². The molecule has 2 heterocycles. The second kappa shape index (κ2) is 6.37. The molecule has 108 valence electrons. The molecular formula is C16H18N4O. The van der Waals surface area contributed by atoms with Crippen molar-refractivity contribution in [1.82, 2.24) is 19.3 Å². The third-order valence-corrected chi connectivity index (χ3v) is 3.27. The zero-order valence-electron chi connectivity index (χ0n) is 12.0. The molecule has 5 nitrogen and oxygen atoms in total. The molecule has 0 saturated carbocycles. The van der Waals surface area contributed by atoms with Crippen LogP contribution in [-0.2, 0) is 11.3 Å². The van der Waals surface area contributed by atoms with Crippen LogP contribution < -0.4 is 0 Å². The van der Waals surface area contributed by atoms with Crippen molar-refractivity contribution in [3.8, 4) is 17.2 Å². The van der Waals surface area contributed by atoms with E-state index < -0.39 is 0 Å². The molecule has 2 aromatic heterocycles. The summed E-state index contributed by atoms with van der Waals surface area (Å²) in [5.74, 6) is 0.899. The highest BCUT2D eigenvalue weighted by molar-refractivity contribution is 5.54. The maximum absolute atomic E-state index is 5.42. The van der Waals surface area contributed by atoms with Gasteiger partial charge in [-0.3, -0.25) is 0 Å². The topological polar surface area (TPSA) is 44.9 Å². The van der Waals surface area contributed by atoms with Gasteiger partial charge in [0.25, 0.3) is 0 Å². The molecule has 0 saturated heterocycles. The normalized spacial score (nSPS) is 10.9. The highest BCUT2D eigenvalue weighted by Gasteiger charge is 2.12.